The third-order valence-electron chi connectivity index (χ3n) is 7.76. The molecule has 2 amide bonds. The van der Waals surface area contributed by atoms with Crippen LogP contribution in [0.1, 0.15) is 42.0 Å². The minimum atomic E-state index is -4.20. The van der Waals surface area contributed by atoms with Crippen molar-refractivity contribution >= 4 is 50.7 Å². The fourth-order valence-electron chi connectivity index (χ4n) is 5.11. The van der Waals surface area contributed by atoms with Crippen LogP contribution in [0.15, 0.2) is 102 Å². The fraction of sp³-hybridized carbons (Fsp3) is 0.278. The molecule has 46 heavy (non-hydrogen) atoms. The van der Waals surface area contributed by atoms with Gasteiger partial charge in [-0.05, 0) is 61.7 Å². The van der Waals surface area contributed by atoms with Crippen molar-refractivity contribution < 1.29 is 18.0 Å². The average molecular weight is 681 g/mol. The number of unbranched alkanes of at least 4 members (excludes halogenated alkanes) is 1. The standard InChI is InChI=1S/C36H39Cl2N3O4S/c1-4-5-22-39-36(43)34(23-28-13-7-6-8-14-28)40(24-30-31(37)15-11-16-32(30)38)35(42)25-41(33-17-10-9-12-27(33)3)46(44,45)29-20-18-26(2)19-21-29/h6-21,34H,4-5,22-25H2,1-3H3,(H,39,43). The number of carbonyl (C=O) groups excluding carboxylic acids is 2. The molecule has 7 nitrogen and oxygen atoms in total. The molecule has 0 saturated heterocycles. The van der Waals surface area contributed by atoms with Gasteiger partial charge in [-0.2, -0.15) is 0 Å². The summed E-state index contributed by atoms with van der Waals surface area (Å²) in [6, 6.07) is 26.9. The highest BCUT2D eigenvalue weighted by atomic mass is 35.5. The van der Waals surface area contributed by atoms with Crippen molar-refractivity contribution in [1.29, 1.82) is 0 Å². The molecule has 0 aromatic heterocycles. The monoisotopic (exact) mass is 679 g/mol. The molecule has 1 atom stereocenters. The van der Waals surface area contributed by atoms with Crippen molar-refractivity contribution in [3.63, 3.8) is 0 Å². The molecule has 1 unspecified atom stereocenters. The highest BCUT2D eigenvalue weighted by Crippen LogP contribution is 2.30. The molecule has 0 spiro atoms. The number of aryl methyl sites for hydroxylation is 2. The van der Waals surface area contributed by atoms with E-state index in [1.54, 1.807) is 61.5 Å². The Morgan fingerprint density at radius 1 is 0.826 bits per heavy atom. The number of anilines is 1. The van der Waals surface area contributed by atoms with Crippen LogP contribution in [0, 0.1) is 13.8 Å². The number of benzene rings is 4. The van der Waals surface area contributed by atoms with Crippen LogP contribution in [0.25, 0.3) is 0 Å². The van der Waals surface area contributed by atoms with Gasteiger partial charge >= 0.3 is 0 Å². The highest BCUT2D eigenvalue weighted by molar-refractivity contribution is 7.92. The van der Waals surface area contributed by atoms with Crippen LogP contribution >= 0.6 is 23.2 Å². The van der Waals surface area contributed by atoms with Crippen molar-refractivity contribution in [3.8, 4) is 0 Å². The SMILES string of the molecule is CCCCNC(=O)C(Cc1ccccc1)N(Cc1c(Cl)cccc1Cl)C(=O)CN(c1ccccc1C)S(=O)(=O)c1ccc(C)cc1. The lowest BCUT2D eigenvalue weighted by Gasteiger charge is -2.34. The van der Waals surface area contributed by atoms with Gasteiger partial charge in [-0.3, -0.25) is 13.9 Å². The Morgan fingerprint density at radius 2 is 1.46 bits per heavy atom. The van der Waals surface area contributed by atoms with Gasteiger partial charge < -0.3 is 10.2 Å². The van der Waals surface area contributed by atoms with E-state index in [-0.39, 0.29) is 23.8 Å². The predicted octanol–water partition coefficient (Wildman–Crippen LogP) is 7.36. The summed E-state index contributed by atoms with van der Waals surface area (Å²) in [5, 5.41) is 3.64. The van der Waals surface area contributed by atoms with E-state index < -0.39 is 28.5 Å². The van der Waals surface area contributed by atoms with Gasteiger partial charge in [0.1, 0.15) is 12.6 Å². The molecule has 242 valence electrons. The zero-order valence-corrected chi connectivity index (χ0v) is 28.6. The third-order valence-corrected chi connectivity index (χ3v) is 10.2. The summed E-state index contributed by atoms with van der Waals surface area (Å²) in [7, 11) is -4.20. The van der Waals surface area contributed by atoms with Gasteiger partial charge in [0.25, 0.3) is 10.0 Å². The van der Waals surface area contributed by atoms with Crippen molar-refractivity contribution in [2.24, 2.45) is 0 Å². The van der Waals surface area contributed by atoms with Crippen molar-refractivity contribution in [2.45, 2.75) is 57.5 Å². The van der Waals surface area contributed by atoms with E-state index in [4.69, 9.17) is 23.2 Å². The Morgan fingerprint density at radius 3 is 2.09 bits per heavy atom. The minimum Gasteiger partial charge on any atom is -0.354 e. The second-order valence-corrected chi connectivity index (χ2v) is 13.9. The second-order valence-electron chi connectivity index (χ2n) is 11.2. The topological polar surface area (TPSA) is 86.8 Å². The van der Waals surface area contributed by atoms with Gasteiger partial charge in [0, 0.05) is 35.1 Å². The quantitative estimate of drug-likeness (QED) is 0.141. The molecule has 0 saturated carbocycles. The number of rotatable bonds is 14. The third kappa shape index (κ3) is 8.69. The van der Waals surface area contributed by atoms with Gasteiger partial charge in [-0.25, -0.2) is 8.42 Å². The molecule has 0 aliphatic heterocycles. The number of nitrogens with one attached hydrogen (secondary N) is 1. The number of para-hydroxylation sites is 1. The Bertz CT molecular complexity index is 1730. The van der Waals surface area contributed by atoms with Crippen LogP contribution in [-0.2, 0) is 32.6 Å². The molecule has 4 aromatic carbocycles. The van der Waals surface area contributed by atoms with Crippen molar-refractivity contribution in [2.75, 3.05) is 17.4 Å². The van der Waals surface area contributed by atoms with E-state index in [1.165, 1.54) is 17.0 Å². The maximum Gasteiger partial charge on any atom is 0.264 e. The van der Waals surface area contributed by atoms with E-state index in [1.807, 2.05) is 44.2 Å². The van der Waals surface area contributed by atoms with Gasteiger partial charge in [-0.15, -0.1) is 0 Å². The van der Waals surface area contributed by atoms with E-state index in [9.17, 15) is 18.0 Å². The lowest BCUT2D eigenvalue weighted by atomic mass is 10.0. The molecule has 0 aliphatic carbocycles. The number of hydrogen-bond acceptors (Lipinski definition) is 4. The summed E-state index contributed by atoms with van der Waals surface area (Å²) in [5.41, 5.74) is 3.23. The summed E-state index contributed by atoms with van der Waals surface area (Å²) < 4.78 is 29.6. The Hall–Kier alpha value is -3.85. The van der Waals surface area contributed by atoms with Crippen molar-refractivity contribution in [3.05, 3.63) is 129 Å². The van der Waals surface area contributed by atoms with Crippen LogP contribution in [0.2, 0.25) is 10.0 Å². The second kappa shape index (κ2) is 16.1. The lowest BCUT2D eigenvalue weighted by Crippen LogP contribution is -2.53. The molecule has 0 heterocycles. The van der Waals surface area contributed by atoms with E-state index in [0.29, 0.717) is 33.4 Å². The van der Waals surface area contributed by atoms with Gasteiger partial charge in [0.15, 0.2) is 0 Å². The molecule has 0 aliphatic rings. The van der Waals surface area contributed by atoms with Crippen LogP contribution < -0.4 is 9.62 Å². The smallest absolute Gasteiger partial charge is 0.264 e. The molecule has 4 aromatic rings. The molecular formula is C36H39Cl2N3O4S. The molecule has 0 fully saturated rings. The zero-order chi connectivity index (χ0) is 33.3. The number of halogens is 2. The van der Waals surface area contributed by atoms with Gasteiger partial charge in [-0.1, -0.05) is 109 Å². The number of hydrogen-bond donors (Lipinski definition) is 1. The number of sulfonamides is 1. The first kappa shape index (κ1) is 35.0. The zero-order valence-electron chi connectivity index (χ0n) is 26.2. The average Bonchev–Trinajstić information content (AvgIpc) is 3.04. The van der Waals surface area contributed by atoms with Crippen LogP contribution in [0.4, 0.5) is 5.69 Å². The van der Waals surface area contributed by atoms with Gasteiger partial charge in [0.2, 0.25) is 11.8 Å². The number of nitrogens with zero attached hydrogens (tertiary/aromatic N) is 2. The first-order valence-electron chi connectivity index (χ1n) is 15.2. The Labute approximate surface area is 282 Å². The molecular weight excluding hydrogens is 641 g/mol. The summed E-state index contributed by atoms with van der Waals surface area (Å²) in [4.78, 5) is 30.0. The largest absolute Gasteiger partial charge is 0.354 e. The Balaban J connectivity index is 1.83. The minimum absolute atomic E-state index is 0.0491. The summed E-state index contributed by atoms with van der Waals surface area (Å²) >= 11 is 13.2. The van der Waals surface area contributed by atoms with E-state index in [2.05, 4.69) is 5.32 Å². The molecule has 4 rings (SSSR count). The normalized spacial score (nSPS) is 11.9. The van der Waals surface area contributed by atoms with Gasteiger partial charge in [0.05, 0.1) is 10.6 Å². The summed E-state index contributed by atoms with van der Waals surface area (Å²) in [6.07, 6.45) is 1.84. The van der Waals surface area contributed by atoms with Crippen molar-refractivity contribution in [1.82, 2.24) is 10.2 Å². The Kier molecular flexibility index (Phi) is 12.3. The van der Waals surface area contributed by atoms with E-state index in [0.717, 1.165) is 28.3 Å². The summed E-state index contributed by atoms with van der Waals surface area (Å²) in [5.74, 6) is -0.931. The fourth-order valence-corrected chi connectivity index (χ4v) is 7.10. The van der Waals surface area contributed by atoms with E-state index >= 15 is 0 Å². The van der Waals surface area contributed by atoms with Crippen LogP contribution in [0.5, 0.6) is 0 Å². The number of carbonyl (C=O) groups is 2. The highest BCUT2D eigenvalue weighted by Gasteiger charge is 2.35. The predicted molar refractivity (Wildman–Crippen MR) is 186 cm³/mol. The maximum absolute atomic E-state index is 14.6. The molecule has 10 heteroatoms. The van der Waals surface area contributed by atoms with Crippen LogP contribution in [-0.4, -0.2) is 44.3 Å². The summed E-state index contributed by atoms with van der Waals surface area (Å²) in [6.45, 7) is 5.45. The molecule has 0 bridgehead atoms. The number of amides is 2. The first-order chi connectivity index (χ1) is 22.0. The lowest BCUT2D eigenvalue weighted by molar-refractivity contribution is -0.140. The molecule has 0 radical (unpaired) electrons. The molecule has 1 N–H and O–H groups in total. The van der Waals surface area contributed by atoms with Crippen LogP contribution in [0.3, 0.4) is 0 Å². The first-order valence-corrected chi connectivity index (χ1v) is 17.4. The maximum atomic E-state index is 14.6.